The number of aliphatic hydroxyl groups excluding tert-OH is 1. The molecule has 1 aliphatic carbocycles. The number of anilines is 1. The van der Waals surface area contributed by atoms with Crippen molar-refractivity contribution >= 4 is 23.5 Å². The largest absolute Gasteiger partial charge is 0.494 e. The summed E-state index contributed by atoms with van der Waals surface area (Å²) in [5, 5.41) is 23.6. The van der Waals surface area contributed by atoms with Gasteiger partial charge in [-0.05, 0) is 43.0 Å². The number of aliphatic hydroxyl groups is 1. The summed E-state index contributed by atoms with van der Waals surface area (Å²) in [5.41, 5.74) is 1.28. The fourth-order valence-electron chi connectivity index (χ4n) is 2.59. The van der Waals surface area contributed by atoms with Gasteiger partial charge in [-0.2, -0.15) is 0 Å². The first-order chi connectivity index (χ1) is 13.1. The smallest absolute Gasteiger partial charge is 0.253 e. The summed E-state index contributed by atoms with van der Waals surface area (Å²) in [7, 11) is 1.49. The van der Waals surface area contributed by atoms with Crippen molar-refractivity contribution in [1.29, 1.82) is 5.41 Å². The van der Waals surface area contributed by atoms with Crippen molar-refractivity contribution in [2.24, 2.45) is 0 Å². The molecule has 3 rings (SSSR count). The topological polar surface area (TPSA) is 120 Å². The highest BCUT2D eigenvalue weighted by Gasteiger charge is 2.20. The Labute approximate surface area is 156 Å². The number of carbonyl (C=O) groups excluding carboxylic acids is 1. The van der Waals surface area contributed by atoms with E-state index < -0.39 is 0 Å². The van der Waals surface area contributed by atoms with Crippen LogP contribution in [0.4, 0.5) is 5.82 Å². The van der Waals surface area contributed by atoms with Crippen molar-refractivity contribution < 1.29 is 14.6 Å². The highest BCUT2D eigenvalue weighted by Crippen LogP contribution is 2.21. The third-order valence-corrected chi connectivity index (χ3v) is 4.37. The number of nitrogens with zero attached hydrogens (tertiary/aromatic N) is 2. The minimum Gasteiger partial charge on any atom is -0.494 e. The number of aromatic nitrogens is 2. The Morgan fingerprint density at radius 2 is 2.11 bits per heavy atom. The monoisotopic (exact) mass is 367 g/mol. The number of allylic oxidation sites excluding steroid dienone is 1. The van der Waals surface area contributed by atoms with Gasteiger partial charge in [0.25, 0.3) is 5.91 Å². The molecule has 140 valence electrons. The van der Waals surface area contributed by atoms with E-state index in [1.807, 2.05) is 0 Å². The van der Waals surface area contributed by atoms with E-state index >= 15 is 0 Å². The number of ether oxygens (including phenoxy) is 1. The van der Waals surface area contributed by atoms with Gasteiger partial charge in [-0.3, -0.25) is 4.79 Å². The molecule has 0 radical (unpaired) electrons. The lowest BCUT2D eigenvalue weighted by Crippen LogP contribution is -2.39. The Balaban J connectivity index is 1.73. The van der Waals surface area contributed by atoms with E-state index in [0.29, 0.717) is 22.8 Å². The van der Waals surface area contributed by atoms with E-state index in [1.165, 1.54) is 19.5 Å². The molecule has 0 atom stereocenters. The molecule has 0 aromatic carbocycles. The standard InChI is InChI=1S/C19H21N5O3/c1-27-17-9-12(7-8-21-17)15(10-20)19(26)24-16-6-5-13(11-22-16)18(25)23-14-3-2-4-14/h5-11,14,20,26H,2-4H2,1H3,(H,22,24)(H,23,25)/b19-15-,20-10?. The number of methoxy groups -OCH3 is 1. The molecule has 0 aliphatic heterocycles. The highest BCUT2D eigenvalue weighted by molar-refractivity contribution is 6.09. The molecular weight excluding hydrogens is 346 g/mol. The van der Waals surface area contributed by atoms with Gasteiger partial charge in [-0.15, -0.1) is 0 Å². The maximum absolute atomic E-state index is 12.1. The summed E-state index contributed by atoms with van der Waals surface area (Å²) in [6.45, 7) is 0. The van der Waals surface area contributed by atoms with E-state index in [0.717, 1.165) is 25.5 Å². The molecule has 0 spiro atoms. The second-order valence-corrected chi connectivity index (χ2v) is 6.15. The fraction of sp³-hybridized carbons (Fsp3) is 0.263. The van der Waals surface area contributed by atoms with Gasteiger partial charge in [0.1, 0.15) is 5.82 Å². The molecule has 1 aliphatic rings. The Morgan fingerprint density at radius 1 is 1.30 bits per heavy atom. The average Bonchev–Trinajstić information content (AvgIpc) is 2.66. The molecule has 0 unspecified atom stereocenters. The Kier molecular flexibility index (Phi) is 5.65. The van der Waals surface area contributed by atoms with Gasteiger partial charge in [0, 0.05) is 30.7 Å². The van der Waals surface area contributed by atoms with Crippen LogP contribution in [0.1, 0.15) is 35.2 Å². The van der Waals surface area contributed by atoms with E-state index in [4.69, 9.17) is 10.1 Å². The molecule has 1 saturated carbocycles. The molecule has 8 heteroatoms. The van der Waals surface area contributed by atoms with E-state index in [-0.39, 0.29) is 23.4 Å². The molecule has 2 heterocycles. The van der Waals surface area contributed by atoms with Gasteiger partial charge in [-0.25, -0.2) is 9.97 Å². The van der Waals surface area contributed by atoms with Crippen molar-refractivity contribution in [3.63, 3.8) is 0 Å². The third kappa shape index (κ3) is 4.41. The van der Waals surface area contributed by atoms with E-state index in [2.05, 4.69) is 20.6 Å². The summed E-state index contributed by atoms with van der Waals surface area (Å²) in [6.07, 6.45) is 7.18. The fourth-order valence-corrected chi connectivity index (χ4v) is 2.59. The van der Waals surface area contributed by atoms with Crippen molar-refractivity contribution in [2.45, 2.75) is 25.3 Å². The quantitative estimate of drug-likeness (QED) is 0.441. The van der Waals surface area contributed by atoms with Crippen LogP contribution in [0, 0.1) is 5.41 Å². The number of pyridine rings is 2. The van der Waals surface area contributed by atoms with Gasteiger partial charge < -0.3 is 25.9 Å². The van der Waals surface area contributed by atoms with Crippen LogP contribution in [0.25, 0.3) is 5.57 Å². The molecule has 2 aromatic rings. The number of rotatable bonds is 7. The van der Waals surface area contributed by atoms with Crippen LogP contribution in [0.5, 0.6) is 5.88 Å². The lowest BCUT2D eigenvalue weighted by molar-refractivity contribution is 0.0916. The van der Waals surface area contributed by atoms with Crippen molar-refractivity contribution in [1.82, 2.24) is 15.3 Å². The van der Waals surface area contributed by atoms with Crippen LogP contribution in [-0.2, 0) is 0 Å². The lowest BCUT2D eigenvalue weighted by atomic mass is 9.93. The molecule has 0 saturated heterocycles. The molecule has 1 fully saturated rings. The molecule has 8 nitrogen and oxygen atoms in total. The zero-order chi connectivity index (χ0) is 19.2. The van der Waals surface area contributed by atoms with Crippen LogP contribution >= 0.6 is 0 Å². The van der Waals surface area contributed by atoms with Crippen molar-refractivity contribution in [3.8, 4) is 5.88 Å². The van der Waals surface area contributed by atoms with E-state index in [1.54, 1.807) is 24.3 Å². The molecule has 4 N–H and O–H groups in total. The maximum atomic E-state index is 12.1. The second kappa shape index (κ2) is 8.31. The minimum atomic E-state index is -0.238. The summed E-state index contributed by atoms with van der Waals surface area (Å²) in [6, 6.07) is 6.76. The average molecular weight is 367 g/mol. The first kappa shape index (κ1) is 18.4. The van der Waals surface area contributed by atoms with Gasteiger partial charge in [0.2, 0.25) is 5.88 Å². The Morgan fingerprint density at radius 3 is 2.70 bits per heavy atom. The summed E-state index contributed by atoms with van der Waals surface area (Å²) < 4.78 is 5.06. The second-order valence-electron chi connectivity index (χ2n) is 6.15. The van der Waals surface area contributed by atoms with Crippen LogP contribution in [0.3, 0.4) is 0 Å². The van der Waals surface area contributed by atoms with Crippen LogP contribution in [0.2, 0.25) is 0 Å². The summed E-state index contributed by atoms with van der Waals surface area (Å²) >= 11 is 0. The predicted molar refractivity (Wildman–Crippen MR) is 102 cm³/mol. The Hall–Kier alpha value is -3.42. The summed E-state index contributed by atoms with van der Waals surface area (Å²) in [4.78, 5) is 20.3. The van der Waals surface area contributed by atoms with Gasteiger partial charge in [-0.1, -0.05) is 0 Å². The third-order valence-electron chi connectivity index (χ3n) is 4.37. The van der Waals surface area contributed by atoms with Crippen LogP contribution in [0.15, 0.2) is 42.5 Å². The first-order valence-electron chi connectivity index (χ1n) is 8.58. The Bertz CT molecular complexity index is 860. The van der Waals surface area contributed by atoms with E-state index in [9.17, 15) is 9.90 Å². The SMILES string of the molecule is COc1cc(/C(C=N)=C(\O)Nc2ccc(C(=O)NC3CCC3)cn2)ccn1. The minimum absolute atomic E-state index is 0.150. The molecular formula is C19H21N5O3. The molecule has 1 amide bonds. The normalized spacial score (nSPS) is 14.6. The molecule has 27 heavy (non-hydrogen) atoms. The van der Waals surface area contributed by atoms with Crippen molar-refractivity contribution in [2.75, 3.05) is 12.4 Å². The van der Waals surface area contributed by atoms with Gasteiger partial charge in [0.15, 0.2) is 5.88 Å². The lowest BCUT2D eigenvalue weighted by Gasteiger charge is -2.26. The number of nitrogens with one attached hydrogen (secondary N) is 3. The number of hydrogen-bond donors (Lipinski definition) is 4. The molecule has 0 bridgehead atoms. The number of amides is 1. The number of hydrogen-bond acceptors (Lipinski definition) is 7. The van der Waals surface area contributed by atoms with Gasteiger partial charge >= 0.3 is 0 Å². The summed E-state index contributed by atoms with van der Waals surface area (Å²) in [5.74, 6) is 0.340. The van der Waals surface area contributed by atoms with Crippen LogP contribution < -0.4 is 15.4 Å². The zero-order valence-corrected chi connectivity index (χ0v) is 14.9. The predicted octanol–water partition coefficient (Wildman–Crippen LogP) is 2.76. The van der Waals surface area contributed by atoms with Crippen LogP contribution in [-0.4, -0.2) is 40.3 Å². The number of carbonyl (C=O) groups is 1. The first-order valence-corrected chi connectivity index (χ1v) is 8.58. The maximum Gasteiger partial charge on any atom is 0.253 e. The highest BCUT2D eigenvalue weighted by atomic mass is 16.5. The molecule has 2 aromatic heterocycles. The van der Waals surface area contributed by atoms with Gasteiger partial charge in [0.05, 0.1) is 18.2 Å². The zero-order valence-electron chi connectivity index (χ0n) is 14.9. The van der Waals surface area contributed by atoms with Crippen molar-refractivity contribution in [3.05, 3.63) is 53.7 Å².